The predicted octanol–water partition coefficient (Wildman–Crippen LogP) is 3.84. The van der Waals surface area contributed by atoms with Crippen LogP contribution in [0.1, 0.15) is 5.56 Å². The standard InChI is InChI=1S/C27H30N6O3/c1-19-7-9-28-23(17-19)30-24-18-20-8-10-32(2)27(34)25(20)26(31-24)29-21-3-5-22(6-4-21)36-16-13-33-11-14-35-15-12-33/h3-10,17-18H,11-16H2,1-2H3,(H2,28,29,30,31). The fourth-order valence-electron chi connectivity index (χ4n) is 4.14. The lowest BCUT2D eigenvalue weighted by atomic mass is 10.2. The number of anilines is 4. The van der Waals surface area contributed by atoms with Gasteiger partial charge in [-0.25, -0.2) is 9.97 Å². The van der Waals surface area contributed by atoms with Gasteiger partial charge in [0.1, 0.15) is 29.8 Å². The SMILES string of the molecule is Cc1ccnc(Nc2cc3ccn(C)c(=O)c3c(Nc3ccc(OCCN4CCOCC4)cc3)n2)c1. The van der Waals surface area contributed by atoms with Gasteiger partial charge in [-0.3, -0.25) is 9.69 Å². The molecule has 1 aliphatic rings. The summed E-state index contributed by atoms with van der Waals surface area (Å²) >= 11 is 0. The third-order valence-electron chi connectivity index (χ3n) is 6.13. The van der Waals surface area contributed by atoms with Gasteiger partial charge >= 0.3 is 0 Å². The smallest absolute Gasteiger partial charge is 0.261 e. The number of rotatable bonds is 8. The first kappa shape index (κ1) is 23.8. The van der Waals surface area contributed by atoms with Crippen molar-refractivity contribution in [3.8, 4) is 5.75 Å². The van der Waals surface area contributed by atoms with Gasteiger partial charge in [0.25, 0.3) is 5.56 Å². The first-order valence-corrected chi connectivity index (χ1v) is 12.1. The Morgan fingerprint density at radius 2 is 1.83 bits per heavy atom. The van der Waals surface area contributed by atoms with Gasteiger partial charge < -0.3 is 24.7 Å². The molecule has 2 N–H and O–H groups in total. The highest BCUT2D eigenvalue weighted by Gasteiger charge is 2.13. The van der Waals surface area contributed by atoms with Crippen molar-refractivity contribution in [3.05, 3.63) is 76.8 Å². The number of aryl methyl sites for hydroxylation is 2. The molecular formula is C27H30N6O3. The highest BCUT2D eigenvalue weighted by atomic mass is 16.5. The third-order valence-corrected chi connectivity index (χ3v) is 6.13. The maximum atomic E-state index is 13.0. The Bertz CT molecular complexity index is 1400. The summed E-state index contributed by atoms with van der Waals surface area (Å²) < 4.78 is 12.9. The number of fused-ring (bicyclic) bond motifs is 1. The van der Waals surface area contributed by atoms with Crippen LogP contribution in [-0.4, -0.2) is 58.9 Å². The molecule has 0 atom stereocenters. The highest BCUT2D eigenvalue weighted by molar-refractivity contribution is 5.94. The molecule has 1 fully saturated rings. The summed E-state index contributed by atoms with van der Waals surface area (Å²) in [6.45, 7) is 6.96. The summed E-state index contributed by atoms with van der Waals surface area (Å²) in [4.78, 5) is 24.4. The Morgan fingerprint density at radius 1 is 1.03 bits per heavy atom. The van der Waals surface area contributed by atoms with Gasteiger partial charge in [0.15, 0.2) is 0 Å². The molecular weight excluding hydrogens is 456 g/mol. The number of morpholine rings is 1. The molecule has 1 saturated heterocycles. The average molecular weight is 487 g/mol. The molecule has 0 amide bonds. The van der Waals surface area contributed by atoms with E-state index in [0.717, 1.165) is 55.2 Å². The molecule has 0 radical (unpaired) electrons. The summed E-state index contributed by atoms with van der Waals surface area (Å²) in [5.74, 6) is 2.56. The van der Waals surface area contributed by atoms with E-state index in [2.05, 4.69) is 20.5 Å². The van der Waals surface area contributed by atoms with Gasteiger partial charge in [-0.1, -0.05) is 0 Å². The number of pyridine rings is 3. The maximum absolute atomic E-state index is 13.0. The molecule has 186 valence electrons. The van der Waals surface area contributed by atoms with Crippen LogP contribution in [0.25, 0.3) is 10.8 Å². The fourth-order valence-corrected chi connectivity index (χ4v) is 4.14. The van der Waals surface area contributed by atoms with Crippen molar-refractivity contribution in [2.24, 2.45) is 7.05 Å². The number of aromatic nitrogens is 3. The molecule has 36 heavy (non-hydrogen) atoms. The summed E-state index contributed by atoms with van der Waals surface area (Å²) in [7, 11) is 1.73. The second kappa shape index (κ2) is 10.8. The van der Waals surface area contributed by atoms with Crippen molar-refractivity contribution >= 4 is 33.9 Å². The number of hydrogen-bond acceptors (Lipinski definition) is 8. The monoisotopic (exact) mass is 486 g/mol. The van der Waals surface area contributed by atoms with Gasteiger partial charge in [0, 0.05) is 44.8 Å². The Labute approximate surface area is 209 Å². The molecule has 0 saturated carbocycles. The molecule has 0 unspecified atom stereocenters. The van der Waals surface area contributed by atoms with Crippen LogP contribution in [0.4, 0.5) is 23.1 Å². The van der Waals surface area contributed by atoms with E-state index in [9.17, 15) is 4.79 Å². The van der Waals surface area contributed by atoms with Gasteiger partial charge in [-0.2, -0.15) is 0 Å². The zero-order chi connectivity index (χ0) is 24.9. The quantitative estimate of drug-likeness (QED) is 0.388. The minimum atomic E-state index is -0.120. The molecule has 1 aliphatic heterocycles. The topological polar surface area (TPSA) is 93.5 Å². The van der Waals surface area contributed by atoms with E-state index >= 15 is 0 Å². The number of nitrogens with one attached hydrogen (secondary N) is 2. The van der Waals surface area contributed by atoms with Crippen LogP contribution in [0.15, 0.2) is 65.7 Å². The van der Waals surface area contributed by atoms with Gasteiger partial charge in [-0.15, -0.1) is 0 Å². The van der Waals surface area contributed by atoms with Crippen molar-refractivity contribution in [2.75, 3.05) is 50.1 Å². The molecule has 4 heterocycles. The van der Waals surface area contributed by atoms with Crippen molar-refractivity contribution in [3.63, 3.8) is 0 Å². The van der Waals surface area contributed by atoms with Crippen LogP contribution in [-0.2, 0) is 11.8 Å². The number of hydrogen-bond donors (Lipinski definition) is 2. The second-order valence-electron chi connectivity index (χ2n) is 8.85. The number of ether oxygens (including phenoxy) is 2. The van der Waals surface area contributed by atoms with E-state index in [1.807, 2.05) is 55.5 Å². The molecule has 3 aromatic heterocycles. The first-order chi connectivity index (χ1) is 17.5. The lowest BCUT2D eigenvalue weighted by Gasteiger charge is -2.26. The summed E-state index contributed by atoms with van der Waals surface area (Å²) in [5.41, 5.74) is 1.78. The Balaban J connectivity index is 1.35. The Hall–Kier alpha value is -3.95. The second-order valence-corrected chi connectivity index (χ2v) is 8.85. The molecule has 4 aromatic rings. The average Bonchev–Trinajstić information content (AvgIpc) is 2.88. The summed E-state index contributed by atoms with van der Waals surface area (Å²) in [6.07, 6.45) is 3.50. The Morgan fingerprint density at radius 3 is 2.61 bits per heavy atom. The van der Waals surface area contributed by atoms with Gasteiger partial charge in [0.05, 0.1) is 18.6 Å². The van der Waals surface area contributed by atoms with Crippen LogP contribution in [0.3, 0.4) is 0 Å². The maximum Gasteiger partial charge on any atom is 0.261 e. The lowest BCUT2D eigenvalue weighted by Crippen LogP contribution is -2.38. The normalized spacial score (nSPS) is 14.1. The van der Waals surface area contributed by atoms with E-state index in [0.29, 0.717) is 29.4 Å². The van der Waals surface area contributed by atoms with E-state index in [1.165, 1.54) is 0 Å². The zero-order valence-electron chi connectivity index (χ0n) is 20.5. The van der Waals surface area contributed by atoms with E-state index < -0.39 is 0 Å². The van der Waals surface area contributed by atoms with Crippen LogP contribution < -0.4 is 20.9 Å². The fraction of sp³-hybridized carbons (Fsp3) is 0.296. The van der Waals surface area contributed by atoms with Gasteiger partial charge in [0.2, 0.25) is 0 Å². The third kappa shape index (κ3) is 5.64. The lowest BCUT2D eigenvalue weighted by molar-refractivity contribution is 0.0322. The van der Waals surface area contributed by atoms with Crippen molar-refractivity contribution in [1.82, 2.24) is 19.4 Å². The summed E-state index contributed by atoms with van der Waals surface area (Å²) in [5, 5.41) is 7.89. The minimum Gasteiger partial charge on any atom is -0.492 e. The predicted molar refractivity (Wildman–Crippen MR) is 142 cm³/mol. The van der Waals surface area contributed by atoms with E-state index in [4.69, 9.17) is 14.5 Å². The molecule has 9 heteroatoms. The minimum absolute atomic E-state index is 0.120. The molecule has 0 bridgehead atoms. The highest BCUT2D eigenvalue weighted by Crippen LogP contribution is 2.27. The molecule has 0 spiro atoms. The van der Waals surface area contributed by atoms with E-state index in [1.54, 1.807) is 24.0 Å². The van der Waals surface area contributed by atoms with E-state index in [-0.39, 0.29) is 5.56 Å². The van der Waals surface area contributed by atoms with Crippen LogP contribution >= 0.6 is 0 Å². The summed E-state index contributed by atoms with van der Waals surface area (Å²) in [6, 6.07) is 15.3. The Kier molecular flexibility index (Phi) is 7.11. The first-order valence-electron chi connectivity index (χ1n) is 12.1. The van der Waals surface area contributed by atoms with Crippen molar-refractivity contribution < 1.29 is 9.47 Å². The van der Waals surface area contributed by atoms with Crippen LogP contribution in [0.2, 0.25) is 0 Å². The van der Waals surface area contributed by atoms with Crippen LogP contribution in [0, 0.1) is 6.92 Å². The van der Waals surface area contributed by atoms with Gasteiger partial charge in [-0.05, 0) is 66.4 Å². The molecule has 1 aromatic carbocycles. The largest absolute Gasteiger partial charge is 0.492 e. The number of benzene rings is 1. The number of nitrogens with zero attached hydrogens (tertiary/aromatic N) is 4. The zero-order valence-corrected chi connectivity index (χ0v) is 20.5. The van der Waals surface area contributed by atoms with Crippen molar-refractivity contribution in [1.29, 1.82) is 0 Å². The molecule has 5 rings (SSSR count). The van der Waals surface area contributed by atoms with Crippen molar-refractivity contribution in [2.45, 2.75) is 6.92 Å². The van der Waals surface area contributed by atoms with Crippen LogP contribution in [0.5, 0.6) is 5.75 Å². The molecule has 0 aliphatic carbocycles. The molecule has 9 nitrogen and oxygen atoms in total.